The van der Waals surface area contributed by atoms with Gasteiger partial charge in [-0.05, 0) is 31.5 Å². The molecule has 2 aromatic rings. The molecule has 0 bridgehead atoms. The van der Waals surface area contributed by atoms with Crippen LogP contribution in [0.5, 0.6) is 5.88 Å². The number of aromatic amines is 1. The summed E-state index contributed by atoms with van der Waals surface area (Å²) < 4.78 is 5.29. The second kappa shape index (κ2) is 7.79. The lowest BCUT2D eigenvalue weighted by molar-refractivity contribution is 0.0945. The third-order valence-electron chi connectivity index (χ3n) is 3.30. The number of aryl methyl sites for hydroxylation is 2. The maximum atomic E-state index is 12.3. The van der Waals surface area contributed by atoms with Gasteiger partial charge in [0.25, 0.3) is 11.5 Å². The lowest BCUT2D eigenvalue weighted by Crippen LogP contribution is -2.28. The first-order chi connectivity index (χ1) is 11.4. The molecule has 0 radical (unpaired) electrons. The Hall–Kier alpha value is -2.60. The fourth-order valence-electron chi connectivity index (χ4n) is 2.16. The number of H-pyrrole nitrogens is 1. The molecule has 2 aromatic heterocycles. The van der Waals surface area contributed by atoms with E-state index in [0.29, 0.717) is 5.56 Å². The van der Waals surface area contributed by atoms with Crippen molar-refractivity contribution in [2.75, 3.05) is 6.61 Å². The largest absolute Gasteiger partial charge is 0.473 e. The lowest BCUT2D eigenvalue weighted by Gasteiger charge is -2.10. The highest BCUT2D eigenvalue weighted by Crippen LogP contribution is 2.18. The normalized spacial score (nSPS) is 10.3. The average molecular weight is 348 g/mol. The molecular weight excluding hydrogens is 330 g/mol. The zero-order chi connectivity index (χ0) is 17.7. The Labute approximate surface area is 144 Å². The Morgan fingerprint density at radius 1 is 1.46 bits per heavy atom. The fourth-order valence-corrected chi connectivity index (χ4v) is 2.35. The molecule has 0 aromatic carbocycles. The molecule has 126 valence electrons. The molecule has 7 heteroatoms. The summed E-state index contributed by atoms with van der Waals surface area (Å²) in [5.41, 5.74) is 1.88. The molecule has 0 aliphatic rings. The Kier molecular flexibility index (Phi) is 5.76. The van der Waals surface area contributed by atoms with E-state index in [1.54, 1.807) is 19.1 Å². The molecule has 2 N–H and O–H groups in total. The monoisotopic (exact) mass is 347 g/mol. The highest BCUT2D eigenvalue weighted by atomic mass is 35.5. The van der Waals surface area contributed by atoms with Crippen LogP contribution in [-0.2, 0) is 6.54 Å². The molecule has 0 aliphatic heterocycles. The molecule has 2 rings (SSSR count). The number of halogens is 1. The standard InChI is InChI=1S/C17H18ClN3O3/c1-4-7-24-14-6-5-13(18)15(21-14)17(23)19-9-12-10(2)8-11(3)20-16(12)22/h4-6,8H,1,7,9H2,2-3H3,(H,19,23)(H,20,22). The number of hydrogen-bond acceptors (Lipinski definition) is 4. The van der Waals surface area contributed by atoms with Crippen LogP contribution >= 0.6 is 11.6 Å². The van der Waals surface area contributed by atoms with Crippen LogP contribution in [0, 0.1) is 13.8 Å². The van der Waals surface area contributed by atoms with Crippen molar-refractivity contribution < 1.29 is 9.53 Å². The zero-order valence-electron chi connectivity index (χ0n) is 13.5. The van der Waals surface area contributed by atoms with Gasteiger partial charge < -0.3 is 15.0 Å². The van der Waals surface area contributed by atoms with Gasteiger partial charge in [0.1, 0.15) is 6.61 Å². The number of nitrogens with one attached hydrogen (secondary N) is 2. The van der Waals surface area contributed by atoms with E-state index in [-0.39, 0.29) is 35.3 Å². The van der Waals surface area contributed by atoms with E-state index in [9.17, 15) is 9.59 Å². The maximum absolute atomic E-state index is 12.3. The Balaban J connectivity index is 2.16. The van der Waals surface area contributed by atoms with Crippen molar-refractivity contribution in [3.63, 3.8) is 0 Å². The van der Waals surface area contributed by atoms with Crippen molar-refractivity contribution >= 4 is 17.5 Å². The van der Waals surface area contributed by atoms with Gasteiger partial charge in [0.2, 0.25) is 5.88 Å². The van der Waals surface area contributed by atoms with Gasteiger partial charge in [-0.15, -0.1) is 0 Å². The molecule has 0 saturated carbocycles. The number of hydrogen-bond donors (Lipinski definition) is 2. The molecule has 0 spiro atoms. The number of nitrogens with zero attached hydrogens (tertiary/aromatic N) is 1. The Bertz CT molecular complexity index is 830. The number of rotatable bonds is 6. The first-order valence-corrected chi connectivity index (χ1v) is 7.68. The summed E-state index contributed by atoms with van der Waals surface area (Å²) in [6, 6.07) is 4.95. The zero-order valence-corrected chi connectivity index (χ0v) is 14.2. The summed E-state index contributed by atoms with van der Waals surface area (Å²) in [4.78, 5) is 31.1. The number of carbonyl (C=O) groups excluding carboxylic acids is 1. The van der Waals surface area contributed by atoms with Crippen LogP contribution in [0.1, 0.15) is 27.3 Å². The van der Waals surface area contributed by atoms with Gasteiger partial charge in [-0.2, -0.15) is 0 Å². The molecule has 0 saturated heterocycles. The predicted molar refractivity (Wildman–Crippen MR) is 92.6 cm³/mol. The highest BCUT2D eigenvalue weighted by molar-refractivity contribution is 6.33. The number of amides is 1. The number of aromatic nitrogens is 2. The molecule has 6 nitrogen and oxygen atoms in total. The lowest BCUT2D eigenvalue weighted by atomic mass is 10.1. The summed E-state index contributed by atoms with van der Waals surface area (Å²) in [5.74, 6) is -0.211. The van der Waals surface area contributed by atoms with Crippen LogP contribution < -0.4 is 15.6 Å². The molecule has 2 heterocycles. The molecular formula is C17H18ClN3O3. The summed E-state index contributed by atoms with van der Waals surface area (Å²) in [6.07, 6.45) is 1.57. The van der Waals surface area contributed by atoms with Gasteiger partial charge in [0.05, 0.1) is 5.02 Å². The maximum Gasteiger partial charge on any atom is 0.271 e. The molecule has 0 aliphatic carbocycles. The van der Waals surface area contributed by atoms with Gasteiger partial charge in [-0.1, -0.05) is 24.3 Å². The van der Waals surface area contributed by atoms with Crippen LogP contribution in [0.15, 0.2) is 35.6 Å². The summed E-state index contributed by atoms with van der Waals surface area (Å²) in [6.45, 7) is 7.52. The van der Waals surface area contributed by atoms with Crippen LogP contribution in [0.2, 0.25) is 5.02 Å². The minimum Gasteiger partial charge on any atom is -0.473 e. The summed E-state index contributed by atoms with van der Waals surface area (Å²) >= 11 is 6.02. The van der Waals surface area contributed by atoms with Crippen molar-refractivity contribution in [2.45, 2.75) is 20.4 Å². The van der Waals surface area contributed by atoms with E-state index in [2.05, 4.69) is 21.9 Å². The first kappa shape index (κ1) is 17.7. The molecule has 1 amide bonds. The molecule has 0 fully saturated rings. The van der Waals surface area contributed by atoms with E-state index in [0.717, 1.165) is 11.3 Å². The van der Waals surface area contributed by atoms with E-state index >= 15 is 0 Å². The predicted octanol–water partition coefficient (Wildman–Crippen LogP) is 2.53. The average Bonchev–Trinajstić information content (AvgIpc) is 2.52. The van der Waals surface area contributed by atoms with E-state index in [1.807, 2.05) is 13.0 Å². The third-order valence-corrected chi connectivity index (χ3v) is 3.61. The Morgan fingerprint density at radius 2 is 2.21 bits per heavy atom. The van der Waals surface area contributed by atoms with E-state index in [1.165, 1.54) is 6.07 Å². The van der Waals surface area contributed by atoms with Gasteiger partial charge in [-0.3, -0.25) is 9.59 Å². The van der Waals surface area contributed by atoms with Crippen molar-refractivity contribution in [1.82, 2.24) is 15.3 Å². The Morgan fingerprint density at radius 3 is 2.88 bits per heavy atom. The SMILES string of the molecule is C=CCOc1ccc(Cl)c(C(=O)NCc2c(C)cc(C)[nH]c2=O)n1. The minimum atomic E-state index is -0.483. The van der Waals surface area contributed by atoms with Crippen molar-refractivity contribution in [1.29, 1.82) is 0 Å². The molecule has 24 heavy (non-hydrogen) atoms. The van der Waals surface area contributed by atoms with Crippen LogP contribution in [0.4, 0.5) is 0 Å². The smallest absolute Gasteiger partial charge is 0.271 e. The van der Waals surface area contributed by atoms with Gasteiger partial charge in [-0.25, -0.2) is 4.98 Å². The van der Waals surface area contributed by atoms with Gasteiger partial charge in [0, 0.05) is 23.9 Å². The van der Waals surface area contributed by atoms with Gasteiger partial charge >= 0.3 is 0 Å². The molecule has 0 unspecified atom stereocenters. The second-order valence-corrected chi connectivity index (χ2v) is 5.61. The van der Waals surface area contributed by atoms with E-state index in [4.69, 9.17) is 16.3 Å². The van der Waals surface area contributed by atoms with E-state index < -0.39 is 5.91 Å². The van der Waals surface area contributed by atoms with Crippen molar-refractivity contribution in [2.24, 2.45) is 0 Å². The van der Waals surface area contributed by atoms with Crippen molar-refractivity contribution in [3.8, 4) is 5.88 Å². The van der Waals surface area contributed by atoms with Crippen LogP contribution in [0.25, 0.3) is 0 Å². The molecule has 0 atom stereocenters. The number of pyridine rings is 2. The second-order valence-electron chi connectivity index (χ2n) is 5.21. The number of ether oxygens (including phenoxy) is 1. The topological polar surface area (TPSA) is 84.1 Å². The first-order valence-electron chi connectivity index (χ1n) is 7.30. The van der Waals surface area contributed by atoms with Crippen molar-refractivity contribution in [3.05, 3.63) is 68.7 Å². The fraction of sp³-hybridized carbons (Fsp3) is 0.235. The van der Waals surface area contributed by atoms with Gasteiger partial charge in [0.15, 0.2) is 5.69 Å². The summed E-state index contributed by atoms with van der Waals surface area (Å²) in [5, 5.41) is 2.86. The number of carbonyl (C=O) groups is 1. The third kappa shape index (κ3) is 4.23. The minimum absolute atomic E-state index is 0.0411. The quantitative estimate of drug-likeness (QED) is 0.786. The van der Waals surface area contributed by atoms with Crippen LogP contribution in [-0.4, -0.2) is 22.5 Å². The van der Waals surface area contributed by atoms with Crippen LogP contribution in [0.3, 0.4) is 0 Å². The highest BCUT2D eigenvalue weighted by Gasteiger charge is 2.15. The summed E-state index contributed by atoms with van der Waals surface area (Å²) in [7, 11) is 0.